The first kappa shape index (κ1) is 6.44. The zero-order valence-electron chi connectivity index (χ0n) is 7.21. The Morgan fingerprint density at radius 2 is 2.27 bits per heavy atom. The molecule has 0 aromatic heterocycles. The summed E-state index contributed by atoms with van der Waals surface area (Å²) in [4.78, 5) is 2.64. The topological polar surface area (TPSA) is 12.2 Å². The van der Waals surface area contributed by atoms with Gasteiger partial charge >= 0.3 is 0 Å². The van der Waals surface area contributed by atoms with Crippen LogP contribution in [0.5, 0.6) is 0 Å². The molecule has 3 unspecified atom stereocenters. The molecule has 1 spiro atoms. The molecule has 2 nitrogen and oxygen atoms in total. The van der Waals surface area contributed by atoms with E-state index in [1.165, 1.54) is 6.42 Å². The Kier molecular flexibility index (Phi) is 0.961. The summed E-state index contributed by atoms with van der Waals surface area (Å²) in [6.07, 6.45) is 1.41. The maximum Gasteiger partial charge on any atom is 0.0640 e. The third-order valence-electron chi connectivity index (χ3n) is 3.60. The molecule has 2 heteroatoms. The minimum Gasteiger partial charge on any atom is -0.379 e. The molecule has 2 heterocycles. The van der Waals surface area contributed by atoms with Gasteiger partial charge in [-0.1, -0.05) is 0 Å². The average molecular weight is 153 g/mol. The highest BCUT2D eigenvalue weighted by Crippen LogP contribution is 2.67. The summed E-state index contributed by atoms with van der Waals surface area (Å²) in [5.41, 5.74) is 0.659. The van der Waals surface area contributed by atoms with E-state index < -0.39 is 0 Å². The van der Waals surface area contributed by atoms with E-state index in [9.17, 15) is 0 Å². The second kappa shape index (κ2) is 1.64. The van der Waals surface area contributed by atoms with Crippen LogP contribution in [0.1, 0.15) is 20.3 Å². The van der Waals surface area contributed by atoms with Crippen molar-refractivity contribution in [1.82, 2.24) is 4.90 Å². The van der Waals surface area contributed by atoms with Crippen molar-refractivity contribution >= 4 is 0 Å². The molecule has 1 aliphatic carbocycles. The van der Waals surface area contributed by atoms with E-state index in [0.29, 0.717) is 5.54 Å². The molecule has 3 aliphatic rings. The molecule has 11 heavy (non-hydrogen) atoms. The van der Waals surface area contributed by atoms with Crippen molar-refractivity contribution in [3.63, 3.8) is 0 Å². The molecule has 4 atom stereocenters. The summed E-state index contributed by atoms with van der Waals surface area (Å²) in [5, 5.41) is 0. The lowest BCUT2D eigenvalue weighted by Gasteiger charge is -2.05. The predicted octanol–water partition coefficient (Wildman–Crippen LogP) is 0.868. The van der Waals surface area contributed by atoms with Gasteiger partial charge in [-0.3, -0.25) is 4.90 Å². The van der Waals surface area contributed by atoms with Crippen LogP contribution in [0.3, 0.4) is 0 Å². The molecule has 3 rings (SSSR count). The zero-order chi connectivity index (χ0) is 7.64. The Labute approximate surface area is 67.5 Å². The Hall–Kier alpha value is -0.0800. The van der Waals surface area contributed by atoms with E-state index in [-0.39, 0.29) is 0 Å². The molecule has 0 bridgehead atoms. The molecule has 2 saturated heterocycles. The van der Waals surface area contributed by atoms with Crippen LogP contribution in [0.15, 0.2) is 0 Å². The molecule has 0 amide bonds. The smallest absolute Gasteiger partial charge is 0.0640 e. The lowest BCUT2D eigenvalue weighted by Crippen LogP contribution is -2.15. The van der Waals surface area contributed by atoms with Crippen molar-refractivity contribution in [2.24, 2.45) is 5.92 Å². The molecule has 0 N–H and O–H groups in total. The normalized spacial score (nSPS) is 58.6. The van der Waals surface area contributed by atoms with E-state index >= 15 is 0 Å². The molecule has 3 fully saturated rings. The highest BCUT2D eigenvalue weighted by Gasteiger charge is 2.78. The van der Waals surface area contributed by atoms with E-state index in [4.69, 9.17) is 4.74 Å². The summed E-state index contributed by atoms with van der Waals surface area (Å²) in [7, 11) is 0. The first-order valence-electron chi connectivity index (χ1n) is 4.63. The monoisotopic (exact) mass is 153 g/mol. The van der Waals surface area contributed by atoms with E-state index in [1.807, 2.05) is 0 Å². The van der Waals surface area contributed by atoms with Crippen molar-refractivity contribution in [3.8, 4) is 0 Å². The Morgan fingerprint density at radius 1 is 1.45 bits per heavy atom. The summed E-state index contributed by atoms with van der Waals surface area (Å²) >= 11 is 0. The molecule has 0 radical (unpaired) electrons. The van der Waals surface area contributed by atoms with Crippen molar-refractivity contribution in [2.75, 3.05) is 13.2 Å². The fourth-order valence-corrected chi connectivity index (χ4v) is 3.09. The van der Waals surface area contributed by atoms with Crippen LogP contribution in [0, 0.1) is 5.92 Å². The third-order valence-corrected chi connectivity index (χ3v) is 3.60. The van der Waals surface area contributed by atoms with Crippen LogP contribution < -0.4 is 0 Å². The summed E-state index contributed by atoms with van der Waals surface area (Å²) in [5.74, 6) is 0.892. The maximum atomic E-state index is 5.51. The van der Waals surface area contributed by atoms with Crippen LogP contribution in [-0.4, -0.2) is 35.7 Å². The van der Waals surface area contributed by atoms with Gasteiger partial charge in [0.15, 0.2) is 0 Å². The van der Waals surface area contributed by atoms with E-state index in [0.717, 1.165) is 31.2 Å². The van der Waals surface area contributed by atoms with Crippen molar-refractivity contribution in [2.45, 2.75) is 37.9 Å². The number of hydrogen-bond donors (Lipinski definition) is 0. The Balaban J connectivity index is 1.84. The first-order valence-corrected chi connectivity index (χ1v) is 4.63. The standard InChI is InChI=1S/C9H15NO/c1-6(2)10-8-5-11-4-7-3-9(7,8)10/h6-8H,3-5H2,1-2H3/t7?,8-,9?,10?/m0/s1. The number of rotatable bonds is 1. The van der Waals surface area contributed by atoms with Gasteiger partial charge in [0.1, 0.15) is 0 Å². The molecular weight excluding hydrogens is 138 g/mol. The fourth-order valence-electron chi connectivity index (χ4n) is 3.09. The fraction of sp³-hybridized carbons (Fsp3) is 1.00. The van der Waals surface area contributed by atoms with E-state index in [2.05, 4.69) is 18.7 Å². The third kappa shape index (κ3) is 0.574. The van der Waals surface area contributed by atoms with Gasteiger partial charge < -0.3 is 4.74 Å². The predicted molar refractivity (Wildman–Crippen MR) is 42.4 cm³/mol. The zero-order valence-corrected chi connectivity index (χ0v) is 7.21. The first-order chi connectivity index (χ1) is 5.27. The summed E-state index contributed by atoms with van der Waals surface area (Å²) in [6.45, 7) is 6.61. The molecule has 62 valence electrons. The minimum atomic E-state index is 0.659. The Bertz CT molecular complexity index is 204. The van der Waals surface area contributed by atoms with Crippen molar-refractivity contribution < 1.29 is 4.74 Å². The van der Waals surface area contributed by atoms with Gasteiger partial charge in [-0.25, -0.2) is 0 Å². The quantitative estimate of drug-likeness (QED) is 0.518. The maximum absolute atomic E-state index is 5.51. The van der Waals surface area contributed by atoms with Gasteiger partial charge in [0.05, 0.1) is 19.3 Å². The summed E-state index contributed by atoms with van der Waals surface area (Å²) < 4.78 is 5.51. The highest BCUT2D eigenvalue weighted by atomic mass is 16.5. The molecule has 0 aromatic carbocycles. The lowest BCUT2D eigenvalue weighted by molar-refractivity contribution is 0.105. The van der Waals surface area contributed by atoms with E-state index in [1.54, 1.807) is 0 Å². The van der Waals surface area contributed by atoms with Gasteiger partial charge in [-0.15, -0.1) is 0 Å². The van der Waals surface area contributed by atoms with Crippen LogP contribution in [0.2, 0.25) is 0 Å². The second-order valence-corrected chi connectivity index (χ2v) is 4.45. The van der Waals surface area contributed by atoms with Crippen molar-refractivity contribution in [3.05, 3.63) is 0 Å². The Morgan fingerprint density at radius 3 is 2.91 bits per heavy atom. The molecule has 0 aromatic rings. The van der Waals surface area contributed by atoms with Gasteiger partial charge in [0.2, 0.25) is 0 Å². The average Bonchev–Trinajstić information content (AvgIpc) is 2.69. The summed E-state index contributed by atoms with van der Waals surface area (Å²) in [6, 6.07) is 1.52. The lowest BCUT2D eigenvalue weighted by atomic mass is 10.2. The van der Waals surface area contributed by atoms with Gasteiger partial charge in [0.25, 0.3) is 0 Å². The molecule has 2 aliphatic heterocycles. The van der Waals surface area contributed by atoms with Crippen molar-refractivity contribution in [1.29, 1.82) is 0 Å². The molecule has 1 saturated carbocycles. The largest absolute Gasteiger partial charge is 0.379 e. The van der Waals surface area contributed by atoms with Crippen LogP contribution in [-0.2, 0) is 4.74 Å². The van der Waals surface area contributed by atoms with Crippen LogP contribution >= 0.6 is 0 Å². The van der Waals surface area contributed by atoms with Gasteiger partial charge in [-0.05, 0) is 20.3 Å². The molecular formula is C9H15NO. The number of hydrogen-bond acceptors (Lipinski definition) is 2. The van der Waals surface area contributed by atoms with Crippen LogP contribution in [0.4, 0.5) is 0 Å². The van der Waals surface area contributed by atoms with Gasteiger partial charge in [0, 0.05) is 17.5 Å². The number of ether oxygens (including phenoxy) is 1. The highest BCUT2D eigenvalue weighted by molar-refractivity contribution is 5.33. The SMILES string of the molecule is CC(C)N1[C@H]2COCC3CC321. The van der Waals surface area contributed by atoms with Crippen LogP contribution in [0.25, 0.3) is 0 Å². The number of nitrogens with zero attached hydrogens (tertiary/aromatic N) is 1. The van der Waals surface area contributed by atoms with Gasteiger partial charge in [-0.2, -0.15) is 0 Å². The minimum absolute atomic E-state index is 0.659. The second-order valence-electron chi connectivity index (χ2n) is 4.45.